The molecule has 0 N–H and O–H groups in total. The standard InChI is InChI=1S/C26H36N4O3S/c1-18(2)22-16-23(24(15-19(22)3)33-17-31-6)25-27-28-26(34-14-8-13-29(4)5)30(25)20-9-11-21(32-7)12-10-20/h9-12,15-16,18H,8,13-14,17H2,1-7H3. The molecule has 184 valence electrons. The summed E-state index contributed by atoms with van der Waals surface area (Å²) in [5, 5.41) is 10.1. The lowest BCUT2D eigenvalue weighted by atomic mass is 9.95. The monoisotopic (exact) mass is 484 g/mol. The fraction of sp³-hybridized carbons (Fsp3) is 0.462. The summed E-state index contributed by atoms with van der Waals surface area (Å²) in [6, 6.07) is 12.2. The van der Waals surface area contributed by atoms with E-state index in [0.717, 1.165) is 52.4 Å². The molecule has 0 aliphatic heterocycles. The number of hydrogen-bond donors (Lipinski definition) is 0. The highest BCUT2D eigenvalue weighted by Crippen LogP contribution is 2.37. The predicted molar refractivity (Wildman–Crippen MR) is 139 cm³/mol. The molecule has 0 aliphatic carbocycles. The van der Waals surface area contributed by atoms with Gasteiger partial charge in [-0.3, -0.25) is 4.57 Å². The zero-order valence-corrected chi connectivity index (χ0v) is 22.1. The first-order valence-corrected chi connectivity index (χ1v) is 12.5. The van der Waals surface area contributed by atoms with Crippen LogP contribution in [0.3, 0.4) is 0 Å². The molecule has 7 nitrogen and oxygen atoms in total. The molecule has 3 aromatic rings. The molecule has 0 spiro atoms. The Kier molecular flexibility index (Phi) is 9.38. The number of nitrogens with zero attached hydrogens (tertiary/aromatic N) is 4. The molecule has 0 atom stereocenters. The summed E-state index contributed by atoms with van der Waals surface area (Å²) in [6.07, 6.45) is 1.06. The third kappa shape index (κ3) is 6.31. The van der Waals surface area contributed by atoms with Gasteiger partial charge < -0.3 is 19.1 Å². The van der Waals surface area contributed by atoms with E-state index in [1.54, 1.807) is 26.0 Å². The Hall–Kier alpha value is -2.55. The number of aryl methyl sites for hydroxylation is 1. The van der Waals surface area contributed by atoms with Crippen molar-refractivity contribution < 1.29 is 14.2 Å². The minimum atomic E-state index is 0.163. The van der Waals surface area contributed by atoms with Crippen molar-refractivity contribution in [3.8, 4) is 28.6 Å². The molecule has 1 aromatic heterocycles. The molecular weight excluding hydrogens is 448 g/mol. The Morgan fingerprint density at radius 2 is 1.79 bits per heavy atom. The van der Waals surface area contributed by atoms with Crippen LogP contribution in [0.25, 0.3) is 17.1 Å². The molecule has 0 aliphatic rings. The maximum absolute atomic E-state index is 5.98. The van der Waals surface area contributed by atoms with Crippen LogP contribution in [0, 0.1) is 6.92 Å². The number of ether oxygens (including phenoxy) is 3. The summed E-state index contributed by atoms with van der Waals surface area (Å²) < 4.78 is 18.7. The molecule has 2 aromatic carbocycles. The highest BCUT2D eigenvalue weighted by atomic mass is 32.2. The van der Waals surface area contributed by atoms with Crippen LogP contribution in [-0.2, 0) is 4.74 Å². The zero-order chi connectivity index (χ0) is 24.7. The third-order valence-corrected chi connectivity index (χ3v) is 6.52. The van der Waals surface area contributed by atoms with E-state index < -0.39 is 0 Å². The van der Waals surface area contributed by atoms with Crippen molar-refractivity contribution in [3.05, 3.63) is 47.5 Å². The Labute approximate surface area is 207 Å². The Bertz CT molecular complexity index is 1060. The van der Waals surface area contributed by atoms with Crippen LogP contribution < -0.4 is 9.47 Å². The highest BCUT2D eigenvalue weighted by molar-refractivity contribution is 7.99. The molecule has 0 saturated carbocycles. The van der Waals surface area contributed by atoms with Crippen molar-refractivity contribution in [2.24, 2.45) is 0 Å². The van der Waals surface area contributed by atoms with E-state index in [4.69, 9.17) is 14.2 Å². The second-order valence-electron chi connectivity index (χ2n) is 8.76. The molecule has 34 heavy (non-hydrogen) atoms. The van der Waals surface area contributed by atoms with Gasteiger partial charge in [-0.25, -0.2) is 0 Å². The second kappa shape index (κ2) is 12.2. The maximum atomic E-state index is 5.98. The number of aromatic nitrogens is 3. The number of hydrogen-bond acceptors (Lipinski definition) is 7. The summed E-state index contributed by atoms with van der Waals surface area (Å²) in [5.74, 6) is 3.60. The fourth-order valence-corrected chi connectivity index (χ4v) is 4.66. The summed E-state index contributed by atoms with van der Waals surface area (Å²) in [6.45, 7) is 7.70. The van der Waals surface area contributed by atoms with Gasteiger partial charge in [0.2, 0.25) is 0 Å². The SMILES string of the molecule is COCOc1cc(C)c(C(C)C)cc1-c1nnc(SCCCN(C)C)n1-c1ccc(OC)cc1. The Morgan fingerprint density at radius 1 is 1.06 bits per heavy atom. The molecule has 8 heteroatoms. The van der Waals surface area contributed by atoms with Crippen LogP contribution in [0.2, 0.25) is 0 Å². The van der Waals surface area contributed by atoms with E-state index in [-0.39, 0.29) is 6.79 Å². The van der Waals surface area contributed by atoms with Crippen molar-refractivity contribution in [3.63, 3.8) is 0 Å². The van der Waals surface area contributed by atoms with Gasteiger partial charge in [0.15, 0.2) is 17.8 Å². The minimum absolute atomic E-state index is 0.163. The van der Waals surface area contributed by atoms with Crippen molar-refractivity contribution in [1.29, 1.82) is 0 Å². The number of rotatable bonds is 12. The first-order valence-electron chi connectivity index (χ1n) is 11.5. The van der Waals surface area contributed by atoms with E-state index in [2.05, 4.69) is 66.7 Å². The van der Waals surface area contributed by atoms with Gasteiger partial charge >= 0.3 is 0 Å². The third-order valence-electron chi connectivity index (χ3n) is 5.51. The van der Waals surface area contributed by atoms with Crippen molar-refractivity contribution >= 4 is 11.8 Å². The molecule has 0 saturated heterocycles. The van der Waals surface area contributed by atoms with Gasteiger partial charge in [0.1, 0.15) is 11.5 Å². The molecule has 0 amide bonds. The van der Waals surface area contributed by atoms with Gasteiger partial charge in [-0.15, -0.1) is 10.2 Å². The van der Waals surface area contributed by atoms with Crippen LogP contribution in [0.15, 0.2) is 41.6 Å². The van der Waals surface area contributed by atoms with Crippen molar-refractivity contribution in [1.82, 2.24) is 19.7 Å². The number of benzene rings is 2. The second-order valence-corrected chi connectivity index (χ2v) is 9.82. The van der Waals surface area contributed by atoms with Crippen molar-refractivity contribution in [2.45, 2.75) is 38.3 Å². The summed E-state index contributed by atoms with van der Waals surface area (Å²) >= 11 is 1.71. The van der Waals surface area contributed by atoms with Crippen LogP contribution in [0.1, 0.15) is 37.3 Å². The lowest BCUT2D eigenvalue weighted by Gasteiger charge is -2.18. The largest absolute Gasteiger partial charge is 0.497 e. The average Bonchev–Trinajstić information content (AvgIpc) is 3.23. The first kappa shape index (κ1) is 26.1. The molecule has 0 radical (unpaired) electrons. The minimum Gasteiger partial charge on any atom is -0.497 e. The van der Waals surface area contributed by atoms with E-state index in [1.165, 1.54) is 11.1 Å². The maximum Gasteiger partial charge on any atom is 0.196 e. The lowest BCUT2D eigenvalue weighted by Crippen LogP contribution is -2.13. The van der Waals surface area contributed by atoms with Crippen LogP contribution in [-0.4, -0.2) is 67.1 Å². The van der Waals surface area contributed by atoms with Gasteiger partial charge in [-0.05, 0) is 87.4 Å². The van der Waals surface area contributed by atoms with E-state index in [9.17, 15) is 0 Å². The summed E-state index contributed by atoms with van der Waals surface area (Å²) in [4.78, 5) is 2.19. The molecule has 1 heterocycles. The Morgan fingerprint density at radius 3 is 2.41 bits per heavy atom. The van der Waals surface area contributed by atoms with E-state index in [1.807, 2.05) is 24.3 Å². The average molecular weight is 485 g/mol. The summed E-state index contributed by atoms with van der Waals surface area (Å²) in [7, 11) is 7.48. The number of methoxy groups -OCH3 is 2. The number of thioether (sulfide) groups is 1. The van der Waals surface area contributed by atoms with Crippen LogP contribution >= 0.6 is 11.8 Å². The smallest absolute Gasteiger partial charge is 0.196 e. The predicted octanol–water partition coefficient (Wildman–Crippen LogP) is 5.40. The lowest BCUT2D eigenvalue weighted by molar-refractivity contribution is 0.0514. The summed E-state index contributed by atoms with van der Waals surface area (Å²) in [5.41, 5.74) is 4.30. The van der Waals surface area contributed by atoms with E-state index >= 15 is 0 Å². The van der Waals surface area contributed by atoms with Gasteiger partial charge in [-0.2, -0.15) is 0 Å². The fourth-order valence-electron chi connectivity index (χ4n) is 3.78. The molecule has 0 unspecified atom stereocenters. The molecule has 0 fully saturated rings. The Balaban J connectivity index is 2.12. The first-order chi connectivity index (χ1) is 16.3. The van der Waals surface area contributed by atoms with Crippen molar-refractivity contribution in [2.75, 3.05) is 47.4 Å². The van der Waals surface area contributed by atoms with Gasteiger partial charge in [0.25, 0.3) is 0 Å². The highest BCUT2D eigenvalue weighted by Gasteiger charge is 2.21. The normalized spacial score (nSPS) is 11.4. The van der Waals surface area contributed by atoms with E-state index in [0.29, 0.717) is 5.92 Å². The topological polar surface area (TPSA) is 61.6 Å². The molecule has 0 bridgehead atoms. The quantitative estimate of drug-likeness (QED) is 0.194. The molecule has 3 rings (SSSR count). The van der Waals surface area contributed by atoms with Gasteiger partial charge in [-0.1, -0.05) is 25.6 Å². The van der Waals surface area contributed by atoms with Crippen LogP contribution in [0.5, 0.6) is 11.5 Å². The van der Waals surface area contributed by atoms with Gasteiger partial charge in [0, 0.05) is 12.9 Å². The molecular formula is C26H36N4O3S. The zero-order valence-electron chi connectivity index (χ0n) is 21.3. The van der Waals surface area contributed by atoms with Crippen LogP contribution in [0.4, 0.5) is 0 Å². The van der Waals surface area contributed by atoms with Gasteiger partial charge in [0.05, 0.1) is 18.4 Å².